The van der Waals surface area contributed by atoms with Gasteiger partial charge in [-0.05, 0) is 90.8 Å². The van der Waals surface area contributed by atoms with E-state index < -0.39 is 29.4 Å². The molecule has 3 rings (SSSR count). The Kier molecular flexibility index (Phi) is 9.60. The summed E-state index contributed by atoms with van der Waals surface area (Å²) in [5.41, 5.74) is 1.96. The molecule has 3 N–H and O–H groups in total. The van der Waals surface area contributed by atoms with E-state index in [-0.39, 0.29) is 24.0 Å². The molecule has 0 saturated carbocycles. The maximum Gasteiger partial charge on any atom is 0.416 e. The monoisotopic (exact) mass is 554 g/mol. The van der Waals surface area contributed by atoms with E-state index in [0.29, 0.717) is 67.5 Å². The number of carbonyl (C=O) groups excluding carboxylic acids is 2. The molecule has 2 amide bonds. The van der Waals surface area contributed by atoms with Crippen LogP contribution in [0, 0.1) is 0 Å². The zero-order valence-electron chi connectivity index (χ0n) is 21.1. The third kappa shape index (κ3) is 7.95. The lowest BCUT2D eigenvalue weighted by atomic mass is 9.81. The van der Waals surface area contributed by atoms with E-state index in [1.54, 1.807) is 36.7 Å². The molecule has 0 radical (unpaired) electrons. The highest BCUT2D eigenvalue weighted by atomic mass is 19.4. The van der Waals surface area contributed by atoms with Gasteiger partial charge in [-0.1, -0.05) is 24.6 Å². The van der Waals surface area contributed by atoms with Gasteiger partial charge in [-0.15, -0.1) is 0 Å². The quantitative estimate of drug-likeness (QED) is 0.143. The van der Waals surface area contributed by atoms with Gasteiger partial charge in [0.05, 0.1) is 11.1 Å². The summed E-state index contributed by atoms with van der Waals surface area (Å²) in [6.45, 7) is 2.14. The number of fused-ring (bicyclic) bond motifs is 1. The number of carbonyl (C=O) groups is 2. The summed E-state index contributed by atoms with van der Waals surface area (Å²) < 4.78 is 79.7. The van der Waals surface area contributed by atoms with Gasteiger partial charge in [-0.25, -0.2) is 5.48 Å². The van der Waals surface area contributed by atoms with E-state index in [0.717, 1.165) is 11.1 Å². The summed E-state index contributed by atoms with van der Waals surface area (Å²) in [6, 6.07) is 6.62. The number of alkyl halides is 6. The van der Waals surface area contributed by atoms with Gasteiger partial charge in [0, 0.05) is 18.5 Å². The molecular formula is C28H28F6N2O3. The van der Waals surface area contributed by atoms with E-state index in [2.05, 4.69) is 5.32 Å². The summed E-state index contributed by atoms with van der Waals surface area (Å²) >= 11 is 0. The Balaban J connectivity index is 1.76. The maximum absolute atomic E-state index is 13.3. The van der Waals surface area contributed by atoms with Crippen LogP contribution < -0.4 is 10.8 Å². The van der Waals surface area contributed by atoms with Crippen molar-refractivity contribution in [2.75, 3.05) is 6.54 Å². The molecule has 0 aliphatic heterocycles. The van der Waals surface area contributed by atoms with Crippen LogP contribution >= 0.6 is 0 Å². The summed E-state index contributed by atoms with van der Waals surface area (Å²) in [4.78, 5) is 23.6. The van der Waals surface area contributed by atoms with Crippen LogP contribution in [0.2, 0.25) is 0 Å². The second-order valence-corrected chi connectivity index (χ2v) is 9.18. The molecule has 0 unspecified atom stereocenters. The number of hydrogen-bond donors (Lipinski definition) is 3. The molecule has 1 aliphatic carbocycles. The molecule has 11 heteroatoms. The van der Waals surface area contributed by atoms with E-state index in [1.807, 2.05) is 0 Å². The summed E-state index contributed by atoms with van der Waals surface area (Å²) in [7, 11) is 0. The molecule has 5 nitrogen and oxygen atoms in total. The minimum atomic E-state index is -4.93. The highest BCUT2D eigenvalue weighted by Crippen LogP contribution is 2.39. The van der Waals surface area contributed by atoms with Crippen LogP contribution in [0.3, 0.4) is 0 Å². The van der Waals surface area contributed by atoms with Crippen LogP contribution in [0.5, 0.6) is 0 Å². The van der Waals surface area contributed by atoms with Gasteiger partial charge >= 0.3 is 12.4 Å². The van der Waals surface area contributed by atoms with Crippen molar-refractivity contribution in [1.82, 2.24) is 10.8 Å². The van der Waals surface area contributed by atoms with Crippen LogP contribution in [0.15, 0.2) is 48.0 Å². The Morgan fingerprint density at radius 2 is 1.59 bits per heavy atom. The molecule has 0 atom stereocenters. The maximum atomic E-state index is 13.3. The van der Waals surface area contributed by atoms with Crippen molar-refractivity contribution < 1.29 is 41.1 Å². The molecule has 0 saturated heterocycles. The van der Waals surface area contributed by atoms with Gasteiger partial charge in [-0.2, -0.15) is 26.3 Å². The van der Waals surface area contributed by atoms with Gasteiger partial charge in [0.2, 0.25) is 5.91 Å². The van der Waals surface area contributed by atoms with E-state index in [1.165, 1.54) is 6.08 Å². The Bertz CT molecular complexity index is 1250. The minimum Gasteiger partial charge on any atom is -0.352 e. The van der Waals surface area contributed by atoms with E-state index in [9.17, 15) is 35.9 Å². The molecule has 0 fully saturated rings. The van der Waals surface area contributed by atoms with Crippen molar-refractivity contribution in [1.29, 1.82) is 0 Å². The number of allylic oxidation sites excluding steroid dienone is 3. The van der Waals surface area contributed by atoms with Gasteiger partial charge < -0.3 is 5.32 Å². The Hall–Kier alpha value is -3.60. The highest BCUT2D eigenvalue weighted by Gasteiger charge is 2.36. The summed E-state index contributed by atoms with van der Waals surface area (Å²) in [5.74, 6) is -0.745. The van der Waals surface area contributed by atoms with Crippen LogP contribution in [0.25, 0.3) is 11.6 Å². The van der Waals surface area contributed by atoms with Crippen LogP contribution in [-0.4, -0.2) is 23.6 Å². The Labute approximate surface area is 221 Å². The third-order valence-electron chi connectivity index (χ3n) is 6.40. The molecule has 0 aromatic heterocycles. The highest BCUT2D eigenvalue weighted by molar-refractivity contribution is 5.96. The average Bonchev–Trinajstić information content (AvgIpc) is 2.88. The van der Waals surface area contributed by atoms with E-state index >= 15 is 0 Å². The predicted molar refractivity (Wildman–Crippen MR) is 134 cm³/mol. The predicted octanol–water partition coefficient (Wildman–Crippen LogP) is 6.95. The molecular weight excluding hydrogens is 526 g/mol. The lowest BCUT2D eigenvalue weighted by molar-refractivity contribution is -0.143. The topological polar surface area (TPSA) is 78.4 Å². The number of rotatable bonds is 8. The number of halogens is 6. The zero-order valence-corrected chi connectivity index (χ0v) is 21.1. The fraction of sp³-hybridized carbons (Fsp3) is 0.357. The fourth-order valence-electron chi connectivity index (χ4n) is 4.48. The Morgan fingerprint density at radius 3 is 2.18 bits per heavy atom. The standard InChI is InChI=1S/C28H28F6N2O3/c1-2-23-18(12-17-13-21(27(29,30)31)16-22(14-17)28(32,33)34)7-8-19-15-20(9-10-24(19)23)26(38)35-11-5-3-4-6-25(37)36-39/h2,9-10,12-16,39H,3-8,11H2,1H3,(H,35,38)(H,36,37)/b18-12+,23-2+. The number of hydrogen-bond acceptors (Lipinski definition) is 3. The molecule has 2 aromatic carbocycles. The van der Waals surface area contributed by atoms with Gasteiger partial charge in [-0.3, -0.25) is 14.8 Å². The third-order valence-corrected chi connectivity index (χ3v) is 6.40. The van der Waals surface area contributed by atoms with Crippen molar-refractivity contribution in [2.45, 2.75) is 57.8 Å². The average molecular weight is 555 g/mol. The van der Waals surface area contributed by atoms with Crippen molar-refractivity contribution in [3.05, 3.63) is 81.4 Å². The van der Waals surface area contributed by atoms with Gasteiger partial charge in [0.15, 0.2) is 0 Å². The molecule has 2 aromatic rings. The normalized spacial score (nSPS) is 15.8. The molecule has 39 heavy (non-hydrogen) atoms. The van der Waals surface area contributed by atoms with Gasteiger partial charge in [0.25, 0.3) is 5.91 Å². The lowest BCUT2D eigenvalue weighted by Gasteiger charge is -2.23. The second-order valence-electron chi connectivity index (χ2n) is 9.18. The number of nitrogens with one attached hydrogen (secondary N) is 2. The first kappa shape index (κ1) is 29.9. The molecule has 0 bridgehead atoms. The first-order valence-corrected chi connectivity index (χ1v) is 12.3. The zero-order chi connectivity index (χ0) is 28.8. The van der Waals surface area contributed by atoms with Crippen molar-refractivity contribution in [3.63, 3.8) is 0 Å². The van der Waals surface area contributed by atoms with Gasteiger partial charge in [0.1, 0.15) is 0 Å². The minimum absolute atomic E-state index is 0.108. The molecule has 0 heterocycles. The summed E-state index contributed by atoms with van der Waals surface area (Å²) in [5, 5.41) is 11.3. The fourth-order valence-corrected chi connectivity index (χ4v) is 4.48. The lowest BCUT2D eigenvalue weighted by Crippen LogP contribution is -2.25. The summed E-state index contributed by atoms with van der Waals surface area (Å²) in [6.07, 6.45) is -3.82. The SMILES string of the molecule is C/C=C1\C(=C\c2cc(C(F)(F)F)cc(C(F)(F)F)c2)CCc2cc(C(=O)NCCCCCC(=O)NO)ccc21. The van der Waals surface area contributed by atoms with Crippen molar-refractivity contribution in [2.24, 2.45) is 0 Å². The number of hydroxylamine groups is 1. The number of benzene rings is 2. The number of amides is 2. The second kappa shape index (κ2) is 12.5. The Morgan fingerprint density at radius 1 is 0.923 bits per heavy atom. The van der Waals surface area contributed by atoms with Crippen molar-refractivity contribution in [3.8, 4) is 0 Å². The molecule has 1 aliphatic rings. The van der Waals surface area contributed by atoms with Crippen LogP contribution in [-0.2, 0) is 23.6 Å². The first-order valence-electron chi connectivity index (χ1n) is 12.3. The smallest absolute Gasteiger partial charge is 0.352 e. The van der Waals surface area contributed by atoms with Crippen LogP contribution in [0.1, 0.15) is 77.2 Å². The number of aryl methyl sites for hydroxylation is 1. The van der Waals surface area contributed by atoms with E-state index in [4.69, 9.17) is 5.21 Å². The first-order chi connectivity index (χ1) is 18.3. The number of unbranched alkanes of at least 4 members (excludes halogenated alkanes) is 2. The molecule has 210 valence electrons. The van der Waals surface area contributed by atoms with Crippen molar-refractivity contribution >= 4 is 23.5 Å². The largest absolute Gasteiger partial charge is 0.416 e. The molecule has 0 spiro atoms. The van der Waals surface area contributed by atoms with Crippen LogP contribution in [0.4, 0.5) is 26.3 Å².